The Bertz CT molecular complexity index is 460. The van der Waals surface area contributed by atoms with Crippen LogP contribution in [0.25, 0.3) is 10.8 Å². The first-order valence-electron chi connectivity index (χ1n) is 5.49. The third kappa shape index (κ3) is 2.34. The van der Waals surface area contributed by atoms with Crippen molar-refractivity contribution >= 4 is 10.8 Å². The van der Waals surface area contributed by atoms with E-state index in [-0.39, 0.29) is 6.29 Å². The summed E-state index contributed by atoms with van der Waals surface area (Å²) in [5.74, 6) is 0.749. The van der Waals surface area contributed by atoms with E-state index in [1.807, 2.05) is 44.2 Å². The van der Waals surface area contributed by atoms with Crippen LogP contribution in [0.1, 0.15) is 13.8 Å². The molecule has 0 N–H and O–H groups in total. The van der Waals surface area contributed by atoms with Crippen LogP contribution in [0.5, 0.6) is 5.75 Å². The largest absolute Gasteiger partial charge is 0.464 e. The molecule has 1 atom stereocenters. The molecule has 1 radical (unpaired) electrons. The van der Waals surface area contributed by atoms with Gasteiger partial charge in [0.1, 0.15) is 5.75 Å². The zero-order valence-electron chi connectivity index (χ0n) is 9.57. The summed E-state index contributed by atoms with van der Waals surface area (Å²) in [5.41, 5.74) is 0. The number of rotatable bonds is 4. The second kappa shape index (κ2) is 4.99. The predicted molar refractivity (Wildman–Crippen MR) is 64.5 cm³/mol. The number of benzene rings is 2. The Balaban J connectivity index is 2.30. The topological polar surface area (TPSA) is 18.5 Å². The van der Waals surface area contributed by atoms with Gasteiger partial charge in [-0.3, -0.25) is 0 Å². The van der Waals surface area contributed by atoms with Crippen LogP contribution in [0.4, 0.5) is 0 Å². The second-order valence-electron chi connectivity index (χ2n) is 3.53. The van der Waals surface area contributed by atoms with Gasteiger partial charge < -0.3 is 9.47 Å². The fourth-order valence-corrected chi connectivity index (χ4v) is 1.67. The van der Waals surface area contributed by atoms with E-state index >= 15 is 0 Å². The molecular weight excluding hydrogens is 200 g/mol. The van der Waals surface area contributed by atoms with Gasteiger partial charge in [-0.2, -0.15) is 0 Å². The van der Waals surface area contributed by atoms with Crippen molar-refractivity contribution in [1.29, 1.82) is 0 Å². The highest BCUT2D eigenvalue weighted by Gasteiger charge is 2.06. The van der Waals surface area contributed by atoms with Gasteiger partial charge in [-0.1, -0.05) is 30.3 Å². The van der Waals surface area contributed by atoms with Crippen LogP contribution < -0.4 is 4.74 Å². The van der Waals surface area contributed by atoms with E-state index in [4.69, 9.17) is 9.47 Å². The first-order chi connectivity index (χ1) is 7.81. The standard InChI is InChI=1S/C14H15O2/c1-3-15-11(2)16-14-10-6-8-12-7-4-5-9-13(12)14/h4-9,11H,3H2,1-2H3. The van der Waals surface area contributed by atoms with Crippen LogP contribution in [-0.4, -0.2) is 12.9 Å². The van der Waals surface area contributed by atoms with E-state index in [9.17, 15) is 0 Å². The fourth-order valence-electron chi connectivity index (χ4n) is 1.67. The molecular formula is C14H15O2. The van der Waals surface area contributed by atoms with Gasteiger partial charge in [0, 0.05) is 18.1 Å². The Morgan fingerprint density at radius 3 is 2.88 bits per heavy atom. The second-order valence-corrected chi connectivity index (χ2v) is 3.53. The van der Waals surface area contributed by atoms with Crippen LogP contribution in [-0.2, 0) is 4.74 Å². The molecule has 0 fully saturated rings. The molecule has 0 amide bonds. The molecule has 0 saturated heterocycles. The quantitative estimate of drug-likeness (QED) is 0.728. The van der Waals surface area contributed by atoms with E-state index < -0.39 is 0 Å². The average Bonchev–Trinajstić information content (AvgIpc) is 2.30. The molecule has 0 aliphatic carbocycles. The van der Waals surface area contributed by atoms with Crippen LogP contribution >= 0.6 is 0 Å². The van der Waals surface area contributed by atoms with Gasteiger partial charge in [0.25, 0.3) is 0 Å². The number of ether oxygens (including phenoxy) is 2. The molecule has 0 aromatic heterocycles. The Kier molecular flexibility index (Phi) is 3.42. The summed E-state index contributed by atoms with van der Waals surface area (Å²) in [6.45, 7) is 4.48. The van der Waals surface area contributed by atoms with Crippen molar-refractivity contribution in [2.24, 2.45) is 0 Å². The number of hydrogen-bond acceptors (Lipinski definition) is 2. The average molecular weight is 215 g/mol. The summed E-state index contributed by atoms with van der Waals surface area (Å²) >= 11 is 0. The smallest absolute Gasteiger partial charge is 0.197 e. The van der Waals surface area contributed by atoms with E-state index in [2.05, 4.69) is 12.1 Å². The SMILES string of the molecule is CCOC(C)Oc1[c]ccc2ccccc12. The molecule has 2 rings (SSSR count). The van der Waals surface area contributed by atoms with Crippen LogP contribution in [0, 0.1) is 6.07 Å². The van der Waals surface area contributed by atoms with Crippen molar-refractivity contribution in [1.82, 2.24) is 0 Å². The molecule has 0 heterocycles. The molecule has 2 aromatic carbocycles. The van der Waals surface area contributed by atoms with E-state index in [0.717, 1.165) is 16.5 Å². The molecule has 0 saturated carbocycles. The Labute approximate surface area is 95.8 Å². The predicted octanol–water partition coefficient (Wildman–Crippen LogP) is 3.40. The molecule has 0 spiro atoms. The first-order valence-corrected chi connectivity index (χ1v) is 5.49. The van der Waals surface area contributed by atoms with Gasteiger partial charge in [-0.25, -0.2) is 0 Å². The van der Waals surface area contributed by atoms with Crippen LogP contribution in [0.15, 0.2) is 36.4 Å². The van der Waals surface area contributed by atoms with E-state index in [1.54, 1.807) is 0 Å². The minimum Gasteiger partial charge on any atom is -0.464 e. The molecule has 0 bridgehead atoms. The monoisotopic (exact) mass is 215 g/mol. The maximum atomic E-state index is 5.69. The van der Waals surface area contributed by atoms with Gasteiger partial charge in [0.2, 0.25) is 0 Å². The van der Waals surface area contributed by atoms with E-state index in [0.29, 0.717) is 6.61 Å². The van der Waals surface area contributed by atoms with Gasteiger partial charge >= 0.3 is 0 Å². The summed E-state index contributed by atoms with van der Waals surface area (Å²) in [6, 6.07) is 15.1. The van der Waals surface area contributed by atoms with Crippen molar-refractivity contribution in [2.75, 3.05) is 6.61 Å². The lowest BCUT2D eigenvalue weighted by Gasteiger charge is -2.15. The maximum Gasteiger partial charge on any atom is 0.197 e. The Morgan fingerprint density at radius 2 is 2.06 bits per heavy atom. The summed E-state index contributed by atoms with van der Waals surface area (Å²) in [4.78, 5) is 0. The summed E-state index contributed by atoms with van der Waals surface area (Å²) in [7, 11) is 0. The van der Waals surface area contributed by atoms with Gasteiger partial charge in [-0.15, -0.1) is 0 Å². The highest BCUT2D eigenvalue weighted by Crippen LogP contribution is 2.25. The van der Waals surface area contributed by atoms with Gasteiger partial charge in [0.05, 0.1) is 0 Å². The number of fused-ring (bicyclic) bond motifs is 1. The van der Waals surface area contributed by atoms with E-state index in [1.165, 1.54) is 0 Å². The lowest BCUT2D eigenvalue weighted by Crippen LogP contribution is -2.16. The minimum atomic E-state index is -0.243. The van der Waals surface area contributed by atoms with Crippen LogP contribution in [0.3, 0.4) is 0 Å². The number of hydrogen-bond donors (Lipinski definition) is 0. The third-order valence-electron chi connectivity index (χ3n) is 2.37. The van der Waals surface area contributed by atoms with Crippen molar-refractivity contribution in [2.45, 2.75) is 20.1 Å². The summed E-state index contributed by atoms with van der Waals surface area (Å²) < 4.78 is 11.0. The maximum absolute atomic E-state index is 5.69. The molecule has 0 aliphatic heterocycles. The minimum absolute atomic E-state index is 0.243. The Morgan fingerprint density at radius 1 is 1.25 bits per heavy atom. The lowest BCUT2D eigenvalue weighted by atomic mass is 10.1. The van der Waals surface area contributed by atoms with Crippen molar-refractivity contribution < 1.29 is 9.47 Å². The molecule has 1 unspecified atom stereocenters. The summed E-state index contributed by atoms with van der Waals surface area (Å²) in [6.07, 6.45) is -0.243. The highest BCUT2D eigenvalue weighted by molar-refractivity contribution is 5.87. The molecule has 2 nitrogen and oxygen atoms in total. The zero-order chi connectivity index (χ0) is 11.4. The lowest BCUT2D eigenvalue weighted by molar-refractivity contribution is -0.0606. The normalized spacial score (nSPS) is 12.6. The van der Waals surface area contributed by atoms with Gasteiger partial charge in [-0.05, 0) is 25.3 Å². The third-order valence-corrected chi connectivity index (χ3v) is 2.37. The fraction of sp³-hybridized carbons (Fsp3) is 0.286. The highest BCUT2D eigenvalue weighted by atomic mass is 16.7. The molecule has 2 aromatic rings. The molecule has 16 heavy (non-hydrogen) atoms. The molecule has 2 heteroatoms. The zero-order valence-corrected chi connectivity index (χ0v) is 9.57. The van der Waals surface area contributed by atoms with Crippen molar-refractivity contribution in [3.63, 3.8) is 0 Å². The molecule has 83 valence electrons. The van der Waals surface area contributed by atoms with Crippen molar-refractivity contribution in [3.05, 3.63) is 42.5 Å². The Hall–Kier alpha value is -1.54. The first kappa shape index (κ1) is 11.0. The molecule has 0 aliphatic rings. The summed E-state index contributed by atoms with van der Waals surface area (Å²) in [5, 5.41) is 2.22. The van der Waals surface area contributed by atoms with Crippen molar-refractivity contribution in [3.8, 4) is 5.75 Å². The van der Waals surface area contributed by atoms with Crippen LogP contribution in [0.2, 0.25) is 0 Å². The van der Waals surface area contributed by atoms with Gasteiger partial charge in [0.15, 0.2) is 6.29 Å².